The van der Waals surface area contributed by atoms with Crippen molar-refractivity contribution in [2.75, 3.05) is 13.7 Å². The van der Waals surface area contributed by atoms with Gasteiger partial charge in [0.15, 0.2) is 0 Å². The number of nitrogens with one attached hydrogen (secondary N) is 1. The van der Waals surface area contributed by atoms with E-state index in [1.807, 2.05) is 0 Å². The van der Waals surface area contributed by atoms with E-state index < -0.39 is 0 Å². The van der Waals surface area contributed by atoms with Crippen LogP contribution >= 0.6 is 0 Å². The monoisotopic (exact) mass is 235 g/mol. The van der Waals surface area contributed by atoms with Crippen LogP contribution in [0.25, 0.3) is 0 Å². The second-order valence-electron chi connectivity index (χ2n) is 4.99. The second-order valence-corrected chi connectivity index (χ2v) is 4.99. The molecular formula is C15H25NO. The maximum atomic E-state index is 5.47. The fourth-order valence-electron chi connectivity index (χ4n) is 2.16. The summed E-state index contributed by atoms with van der Waals surface area (Å²) in [5.41, 5.74) is 2.57. The Balaban J connectivity index is 3.02. The van der Waals surface area contributed by atoms with Gasteiger partial charge in [0, 0.05) is 11.6 Å². The van der Waals surface area contributed by atoms with Crippen molar-refractivity contribution in [3.05, 3.63) is 29.3 Å². The highest BCUT2D eigenvalue weighted by molar-refractivity contribution is 5.39. The lowest BCUT2D eigenvalue weighted by Crippen LogP contribution is -2.23. The Morgan fingerprint density at radius 1 is 1.29 bits per heavy atom. The molecule has 1 rings (SSSR count). The summed E-state index contributed by atoms with van der Waals surface area (Å²) >= 11 is 0. The van der Waals surface area contributed by atoms with E-state index in [9.17, 15) is 0 Å². The zero-order valence-corrected chi connectivity index (χ0v) is 11.7. The Labute approximate surface area is 105 Å². The van der Waals surface area contributed by atoms with Gasteiger partial charge in [-0.1, -0.05) is 38.5 Å². The quantitative estimate of drug-likeness (QED) is 0.811. The van der Waals surface area contributed by atoms with Crippen molar-refractivity contribution >= 4 is 0 Å². The summed E-state index contributed by atoms with van der Waals surface area (Å²) in [6, 6.07) is 6.78. The minimum absolute atomic E-state index is 0.384. The minimum Gasteiger partial charge on any atom is -0.496 e. The van der Waals surface area contributed by atoms with Gasteiger partial charge < -0.3 is 10.1 Å². The van der Waals surface area contributed by atoms with Crippen LogP contribution in [0.4, 0.5) is 0 Å². The van der Waals surface area contributed by atoms with E-state index in [-0.39, 0.29) is 0 Å². The Morgan fingerprint density at radius 3 is 2.53 bits per heavy atom. The third-order valence-electron chi connectivity index (χ3n) is 2.92. The second kappa shape index (κ2) is 6.65. The highest BCUT2D eigenvalue weighted by Crippen LogP contribution is 2.30. The lowest BCUT2D eigenvalue weighted by Gasteiger charge is -2.23. The largest absolute Gasteiger partial charge is 0.496 e. The first-order chi connectivity index (χ1) is 8.08. The van der Waals surface area contributed by atoms with Gasteiger partial charge in [-0.05, 0) is 31.9 Å². The Morgan fingerprint density at radius 2 is 2.00 bits per heavy atom. The van der Waals surface area contributed by atoms with E-state index in [4.69, 9.17) is 4.74 Å². The molecule has 0 spiro atoms. The summed E-state index contributed by atoms with van der Waals surface area (Å²) in [6.45, 7) is 9.77. The minimum atomic E-state index is 0.384. The highest BCUT2D eigenvalue weighted by atomic mass is 16.5. The number of benzene rings is 1. The molecule has 1 aromatic carbocycles. The first kappa shape index (κ1) is 14.0. The van der Waals surface area contributed by atoms with Gasteiger partial charge in [-0.3, -0.25) is 0 Å². The van der Waals surface area contributed by atoms with Crippen LogP contribution in [-0.2, 0) is 0 Å². The fourth-order valence-corrected chi connectivity index (χ4v) is 2.16. The molecule has 2 nitrogen and oxygen atoms in total. The molecule has 17 heavy (non-hydrogen) atoms. The smallest absolute Gasteiger partial charge is 0.123 e. The van der Waals surface area contributed by atoms with Crippen LogP contribution < -0.4 is 10.1 Å². The molecule has 1 N–H and O–H groups in total. The molecule has 96 valence electrons. The van der Waals surface area contributed by atoms with Crippen molar-refractivity contribution < 1.29 is 4.74 Å². The van der Waals surface area contributed by atoms with Crippen LogP contribution in [0.3, 0.4) is 0 Å². The summed E-state index contributed by atoms with van der Waals surface area (Å²) in [5, 5.41) is 3.55. The summed E-state index contributed by atoms with van der Waals surface area (Å²) < 4.78 is 5.47. The maximum Gasteiger partial charge on any atom is 0.123 e. The van der Waals surface area contributed by atoms with Gasteiger partial charge in [0.2, 0.25) is 0 Å². The van der Waals surface area contributed by atoms with E-state index in [2.05, 4.69) is 51.2 Å². The standard InChI is InChI=1S/C15H25NO/c1-6-16-14(9-11(2)3)13-10-12(4)7-8-15(13)17-5/h7-8,10-11,14,16H,6,9H2,1-5H3. The predicted octanol–water partition coefficient (Wildman–Crippen LogP) is 3.70. The number of hydrogen-bond donors (Lipinski definition) is 1. The molecule has 0 saturated heterocycles. The number of aryl methyl sites for hydroxylation is 1. The maximum absolute atomic E-state index is 5.47. The van der Waals surface area contributed by atoms with Crippen LogP contribution in [-0.4, -0.2) is 13.7 Å². The topological polar surface area (TPSA) is 21.3 Å². The molecule has 0 aliphatic heterocycles. The molecular weight excluding hydrogens is 210 g/mol. The zero-order valence-electron chi connectivity index (χ0n) is 11.7. The molecule has 1 atom stereocenters. The molecule has 0 aliphatic carbocycles. The zero-order chi connectivity index (χ0) is 12.8. The van der Waals surface area contributed by atoms with E-state index in [1.54, 1.807) is 7.11 Å². The van der Waals surface area contributed by atoms with Crippen LogP contribution in [0.1, 0.15) is 44.4 Å². The van der Waals surface area contributed by atoms with Gasteiger partial charge in [-0.2, -0.15) is 0 Å². The number of hydrogen-bond acceptors (Lipinski definition) is 2. The average molecular weight is 235 g/mol. The fraction of sp³-hybridized carbons (Fsp3) is 0.600. The van der Waals surface area contributed by atoms with Crippen molar-refractivity contribution in [1.82, 2.24) is 5.32 Å². The number of methoxy groups -OCH3 is 1. The van der Waals surface area contributed by atoms with Crippen molar-refractivity contribution in [3.63, 3.8) is 0 Å². The first-order valence-electron chi connectivity index (χ1n) is 6.46. The van der Waals surface area contributed by atoms with Crippen LogP contribution in [0.15, 0.2) is 18.2 Å². The summed E-state index contributed by atoms with van der Waals surface area (Å²) in [7, 11) is 1.74. The van der Waals surface area contributed by atoms with Crippen molar-refractivity contribution in [2.45, 2.75) is 40.2 Å². The number of rotatable bonds is 6. The molecule has 0 fully saturated rings. The third-order valence-corrected chi connectivity index (χ3v) is 2.92. The van der Waals surface area contributed by atoms with Crippen LogP contribution in [0, 0.1) is 12.8 Å². The molecule has 0 aliphatic rings. The van der Waals surface area contributed by atoms with Gasteiger partial charge in [-0.25, -0.2) is 0 Å². The lowest BCUT2D eigenvalue weighted by atomic mass is 9.95. The van der Waals surface area contributed by atoms with E-state index in [0.29, 0.717) is 12.0 Å². The molecule has 1 unspecified atom stereocenters. The Hall–Kier alpha value is -1.02. The van der Waals surface area contributed by atoms with Crippen molar-refractivity contribution in [3.8, 4) is 5.75 Å². The van der Waals surface area contributed by atoms with Gasteiger partial charge in [-0.15, -0.1) is 0 Å². The van der Waals surface area contributed by atoms with E-state index >= 15 is 0 Å². The molecule has 2 heteroatoms. The van der Waals surface area contributed by atoms with Crippen molar-refractivity contribution in [2.24, 2.45) is 5.92 Å². The van der Waals surface area contributed by atoms with E-state index in [1.165, 1.54) is 11.1 Å². The Kier molecular flexibility index (Phi) is 5.49. The average Bonchev–Trinajstić information content (AvgIpc) is 2.28. The highest BCUT2D eigenvalue weighted by Gasteiger charge is 2.16. The molecule has 0 radical (unpaired) electrons. The SMILES string of the molecule is CCNC(CC(C)C)c1cc(C)ccc1OC. The van der Waals surface area contributed by atoms with Gasteiger partial charge in [0.1, 0.15) is 5.75 Å². The first-order valence-corrected chi connectivity index (χ1v) is 6.46. The van der Waals surface area contributed by atoms with Crippen molar-refractivity contribution in [1.29, 1.82) is 0 Å². The predicted molar refractivity (Wildman–Crippen MR) is 73.6 cm³/mol. The molecule has 0 aromatic heterocycles. The van der Waals surface area contributed by atoms with Gasteiger partial charge >= 0.3 is 0 Å². The van der Waals surface area contributed by atoms with Gasteiger partial charge in [0.05, 0.1) is 7.11 Å². The third kappa shape index (κ3) is 4.04. The molecule has 0 heterocycles. The molecule has 0 saturated carbocycles. The summed E-state index contributed by atoms with van der Waals surface area (Å²) in [4.78, 5) is 0. The summed E-state index contributed by atoms with van der Waals surface area (Å²) in [6.07, 6.45) is 1.13. The van der Waals surface area contributed by atoms with E-state index in [0.717, 1.165) is 18.7 Å². The van der Waals surface area contributed by atoms with Crippen LogP contribution in [0.5, 0.6) is 5.75 Å². The normalized spacial score (nSPS) is 12.8. The van der Waals surface area contributed by atoms with Crippen LogP contribution in [0.2, 0.25) is 0 Å². The van der Waals surface area contributed by atoms with Gasteiger partial charge in [0.25, 0.3) is 0 Å². The molecule has 1 aromatic rings. The Bertz CT molecular complexity index is 347. The molecule has 0 amide bonds. The summed E-state index contributed by atoms with van der Waals surface area (Å²) in [5.74, 6) is 1.66. The lowest BCUT2D eigenvalue weighted by molar-refractivity contribution is 0.383. The molecule has 0 bridgehead atoms. The number of ether oxygens (including phenoxy) is 1.